The van der Waals surface area contributed by atoms with Crippen molar-refractivity contribution in [1.29, 1.82) is 0 Å². The summed E-state index contributed by atoms with van der Waals surface area (Å²) in [5, 5.41) is 0. The quantitative estimate of drug-likeness (QED) is 0.818. The minimum atomic E-state index is 0.264. The molecule has 0 aliphatic rings. The van der Waals surface area contributed by atoms with Gasteiger partial charge in [0.25, 0.3) is 0 Å². The highest BCUT2D eigenvalue weighted by molar-refractivity contribution is 7.80. The van der Waals surface area contributed by atoms with Crippen LogP contribution in [0.25, 0.3) is 0 Å². The van der Waals surface area contributed by atoms with E-state index < -0.39 is 0 Å². The molecule has 20 heavy (non-hydrogen) atoms. The van der Waals surface area contributed by atoms with Gasteiger partial charge < -0.3 is 10.5 Å². The average molecular weight is 294 g/mol. The van der Waals surface area contributed by atoms with Gasteiger partial charge in [0, 0.05) is 18.2 Å². The average Bonchev–Trinajstić information content (AvgIpc) is 2.37. The van der Waals surface area contributed by atoms with Crippen LogP contribution in [0.2, 0.25) is 0 Å². The van der Waals surface area contributed by atoms with Crippen LogP contribution in [0.15, 0.2) is 24.3 Å². The predicted molar refractivity (Wildman–Crippen MR) is 89.4 cm³/mol. The van der Waals surface area contributed by atoms with Gasteiger partial charge in [0.1, 0.15) is 17.3 Å². The van der Waals surface area contributed by atoms with Crippen LogP contribution in [-0.2, 0) is 0 Å². The second-order valence-electron chi connectivity index (χ2n) is 6.26. The molecule has 0 spiro atoms. The first-order valence-electron chi connectivity index (χ1n) is 6.94. The molecule has 0 aliphatic carbocycles. The molecule has 112 valence electrons. The number of nitrogens with two attached hydrogens (primary N) is 1. The lowest BCUT2D eigenvalue weighted by Gasteiger charge is -2.35. The van der Waals surface area contributed by atoms with E-state index in [-0.39, 0.29) is 5.41 Å². The number of ether oxygens (including phenoxy) is 1. The Morgan fingerprint density at radius 3 is 2.60 bits per heavy atom. The Labute approximate surface area is 128 Å². The zero-order chi connectivity index (χ0) is 15.3. The highest BCUT2D eigenvalue weighted by atomic mass is 32.1. The first-order valence-corrected chi connectivity index (χ1v) is 7.35. The highest BCUT2D eigenvalue weighted by Gasteiger charge is 2.23. The van der Waals surface area contributed by atoms with Crippen LogP contribution in [0.5, 0.6) is 5.75 Å². The Morgan fingerprint density at radius 1 is 1.40 bits per heavy atom. The van der Waals surface area contributed by atoms with E-state index in [1.54, 1.807) is 0 Å². The summed E-state index contributed by atoms with van der Waals surface area (Å²) in [6, 6.07) is 8.10. The van der Waals surface area contributed by atoms with E-state index in [9.17, 15) is 0 Å². The summed E-state index contributed by atoms with van der Waals surface area (Å²) in [5.41, 5.74) is 6.72. The number of rotatable bonds is 6. The van der Waals surface area contributed by atoms with Crippen LogP contribution in [0.3, 0.4) is 0 Å². The fourth-order valence-electron chi connectivity index (χ4n) is 1.90. The number of benzene rings is 1. The van der Waals surface area contributed by atoms with Gasteiger partial charge >= 0.3 is 0 Å². The number of hydrogen-bond acceptors (Lipinski definition) is 3. The summed E-state index contributed by atoms with van der Waals surface area (Å²) in [6.45, 7) is 10.5. The fraction of sp³-hybridized carbons (Fsp3) is 0.562. The summed E-state index contributed by atoms with van der Waals surface area (Å²) in [7, 11) is 2.13. The molecule has 1 aromatic rings. The van der Waals surface area contributed by atoms with E-state index in [1.165, 1.54) is 0 Å². The Bertz CT molecular complexity index is 454. The second-order valence-corrected chi connectivity index (χ2v) is 6.70. The van der Waals surface area contributed by atoms with Crippen LogP contribution < -0.4 is 10.5 Å². The fourth-order valence-corrected chi connectivity index (χ4v) is 2.03. The Hall–Kier alpha value is -1.13. The molecule has 1 unspecified atom stereocenters. The van der Waals surface area contributed by atoms with Gasteiger partial charge in [0.2, 0.25) is 0 Å². The molecule has 1 aromatic carbocycles. The lowest BCUT2D eigenvalue weighted by atomic mass is 9.87. The Morgan fingerprint density at radius 2 is 2.05 bits per heavy atom. The standard InChI is InChI=1S/C16H26N2OS/c1-12(16(2,3)4)18(5)9-10-19-14-8-6-7-13(11-14)15(17)20/h6-8,11-12H,9-10H2,1-5H3,(H2,17,20). The van der Waals surface area contributed by atoms with Gasteiger partial charge in [0.15, 0.2) is 0 Å². The molecular weight excluding hydrogens is 268 g/mol. The molecule has 0 fully saturated rings. The van der Waals surface area contributed by atoms with Crippen molar-refractivity contribution in [3.8, 4) is 5.75 Å². The Balaban J connectivity index is 2.48. The molecule has 1 atom stereocenters. The van der Waals surface area contributed by atoms with Gasteiger partial charge in [-0.25, -0.2) is 0 Å². The van der Waals surface area contributed by atoms with Crippen LogP contribution in [0, 0.1) is 5.41 Å². The third kappa shape index (κ3) is 5.10. The van der Waals surface area contributed by atoms with Crippen molar-refractivity contribution in [3.05, 3.63) is 29.8 Å². The lowest BCUT2D eigenvalue weighted by Crippen LogP contribution is -2.41. The highest BCUT2D eigenvalue weighted by Crippen LogP contribution is 2.22. The maximum atomic E-state index is 5.77. The van der Waals surface area contributed by atoms with E-state index in [1.807, 2.05) is 24.3 Å². The van der Waals surface area contributed by atoms with Crippen molar-refractivity contribution in [3.63, 3.8) is 0 Å². The smallest absolute Gasteiger partial charge is 0.120 e. The maximum absolute atomic E-state index is 5.77. The van der Waals surface area contributed by atoms with Crippen molar-refractivity contribution in [2.75, 3.05) is 20.2 Å². The van der Waals surface area contributed by atoms with Gasteiger partial charge in [-0.1, -0.05) is 45.1 Å². The largest absolute Gasteiger partial charge is 0.492 e. The van der Waals surface area contributed by atoms with Crippen LogP contribution in [-0.4, -0.2) is 36.1 Å². The van der Waals surface area contributed by atoms with Gasteiger partial charge in [-0.05, 0) is 31.5 Å². The molecule has 0 amide bonds. The SMILES string of the molecule is CC(N(C)CCOc1cccc(C(N)=S)c1)C(C)(C)C. The third-order valence-corrected chi connectivity index (χ3v) is 3.98. The molecule has 0 saturated heterocycles. The van der Waals surface area contributed by atoms with Crippen molar-refractivity contribution in [2.45, 2.75) is 33.7 Å². The van der Waals surface area contributed by atoms with E-state index in [0.717, 1.165) is 17.9 Å². The molecule has 4 heteroatoms. The normalized spacial score (nSPS) is 13.3. The predicted octanol–water partition coefficient (Wildman–Crippen LogP) is 3.07. The number of nitrogens with zero attached hydrogens (tertiary/aromatic N) is 1. The molecule has 3 nitrogen and oxygen atoms in total. The molecule has 0 saturated carbocycles. The van der Waals surface area contributed by atoms with E-state index in [4.69, 9.17) is 22.7 Å². The zero-order valence-electron chi connectivity index (χ0n) is 13.1. The monoisotopic (exact) mass is 294 g/mol. The second kappa shape index (κ2) is 7.04. The molecule has 0 aliphatic heterocycles. The van der Waals surface area contributed by atoms with Crippen LogP contribution in [0.4, 0.5) is 0 Å². The minimum Gasteiger partial charge on any atom is -0.492 e. The molecule has 0 bridgehead atoms. The van der Waals surface area contributed by atoms with Crippen molar-refractivity contribution in [1.82, 2.24) is 4.90 Å². The van der Waals surface area contributed by atoms with Gasteiger partial charge in [0.05, 0.1) is 0 Å². The topological polar surface area (TPSA) is 38.5 Å². The zero-order valence-corrected chi connectivity index (χ0v) is 14.0. The maximum Gasteiger partial charge on any atom is 0.120 e. The lowest BCUT2D eigenvalue weighted by molar-refractivity contribution is 0.121. The van der Waals surface area contributed by atoms with Crippen molar-refractivity contribution < 1.29 is 4.74 Å². The van der Waals surface area contributed by atoms with Gasteiger partial charge in [-0.15, -0.1) is 0 Å². The summed E-state index contributed by atoms with van der Waals surface area (Å²) >= 11 is 4.96. The first kappa shape index (κ1) is 16.9. The number of thiocarbonyl (C=S) groups is 1. The molecule has 0 heterocycles. The number of likely N-dealkylation sites (N-methyl/N-ethyl adjacent to an activating group) is 1. The molecule has 1 rings (SSSR count). The third-order valence-electron chi connectivity index (χ3n) is 3.75. The van der Waals surface area contributed by atoms with Crippen LogP contribution >= 0.6 is 12.2 Å². The summed E-state index contributed by atoms with van der Waals surface area (Å²) < 4.78 is 5.77. The minimum absolute atomic E-state index is 0.264. The van der Waals surface area contributed by atoms with E-state index in [0.29, 0.717) is 17.6 Å². The summed E-state index contributed by atoms with van der Waals surface area (Å²) in [6.07, 6.45) is 0. The van der Waals surface area contributed by atoms with Gasteiger partial charge in [-0.2, -0.15) is 0 Å². The molecule has 0 radical (unpaired) electrons. The van der Waals surface area contributed by atoms with E-state index >= 15 is 0 Å². The summed E-state index contributed by atoms with van der Waals surface area (Å²) in [5.74, 6) is 0.812. The van der Waals surface area contributed by atoms with Gasteiger partial charge in [-0.3, -0.25) is 4.90 Å². The summed E-state index contributed by atoms with van der Waals surface area (Å²) in [4.78, 5) is 2.71. The van der Waals surface area contributed by atoms with E-state index in [2.05, 4.69) is 39.6 Å². The molecular formula is C16H26N2OS. The van der Waals surface area contributed by atoms with Crippen LogP contribution in [0.1, 0.15) is 33.3 Å². The van der Waals surface area contributed by atoms with Crippen molar-refractivity contribution >= 4 is 17.2 Å². The first-order chi connectivity index (χ1) is 9.21. The Kier molecular flexibility index (Phi) is 5.96. The number of hydrogen-bond donors (Lipinski definition) is 1. The molecule has 2 N–H and O–H groups in total. The molecule has 0 aromatic heterocycles. The van der Waals surface area contributed by atoms with Crippen molar-refractivity contribution in [2.24, 2.45) is 11.1 Å².